The monoisotopic (exact) mass is 410 g/mol. The molecule has 0 aliphatic carbocycles. The molecule has 0 amide bonds. The van der Waals surface area contributed by atoms with Gasteiger partial charge in [0.25, 0.3) is 0 Å². The Hall–Kier alpha value is -3.26. The summed E-state index contributed by atoms with van der Waals surface area (Å²) < 4.78 is 31.9. The summed E-state index contributed by atoms with van der Waals surface area (Å²) in [4.78, 5) is 7.60. The van der Waals surface area contributed by atoms with Crippen molar-refractivity contribution < 1.29 is 13.2 Å². The average molecular weight is 410 g/mol. The molecule has 0 saturated carbocycles. The third-order valence-corrected chi connectivity index (χ3v) is 6.39. The number of rotatable bonds is 5. The molecule has 1 fully saturated rings. The summed E-state index contributed by atoms with van der Waals surface area (Å²) in [7, 11) is -3.55. The van der Waals surface area contributed by atoms with Gasteiger partial charge in [0.15, 0.2) is 5.82 Å². The van der Waals surface area contributed by atoms with Crippen LogP contribution in [0.3, 0.4) is 0 Å². The van der Waals surface area contributed by atoms with Crippen LogP contribution in [0.25, 0.3) is 11.0 Å². The van der Waals surface area contributed by atoms with Crippen molar-refractivity contribution in [1.29, 1.82) is 5.26 Å². The van der Waals surface area contributed by atoms with Crippen molar-refractivity contribution in [3.63, 3.8) is 0 Å². The number of benzene rings is 2. The highest BCUT2D eigenvalue weighted by Gasteiger charge is 2.26. The zero-order valence-electron chi connectivity index (χ0n) is 15.4. The van der Waals surface area contributed by atoms with Gasteiger partial charge in [-0.1, -0.05) is 12.1 Å². The standard InChI is InChI=1S/C19H18N6O3S/c20-13-18(19-21-16-3-1-2-4-17(16)22-19)24-23-14-5-7-15(8-6-14)29(26,27)25-9-11-28-12-10-25/h1-8,23H,9-12H2,(H,21,22). The van der Waals surface area contributed by atoms with E-state index in [2.05, 4.69) is 20.5 Å². The lowest BCUT2D eigenvalue weighted by Crippen LogP contribution is -2.40. The van der Waals surface area contributed by atoms with E-state index < -0.39 is 10.0 Å². The summed E-state index contributed by atoms with van der Waals surface area (Å²) in [6.45, 7) is 1.48. The Balaban J connectivity index is 1.51. The predicted octanol–water partition coefficient (Wildman–Crippen LogP) is 1.92. The largest absolute Gasteiger partial charge is 0.379 e. The highest BCUT2D eigenvalue weighted by Crippen LogP contribution is 2.19. The molecular weight excluding hydrogens is 392 g/mol. The van der Waals surface area contributed by atoms with E-state index in [0.29, 0.717) is 37.8 Å². The van der Waals surface area contributed by atoms with Crippen LogP contribution in [-0.4, -0.2) is 54.7 Å². The third-order valence-electron chi connectivity index (χ3n) is 4.48. The van der Waals surface area contributed by atoms with Gasteiger partial charge in [-0.2, -0.15) is 14.7 Å². The Labute approximate surface area is 167 Å². The second-order valence-corrected chi connectivity index (χ2v) is 8.27. The van der Waals surface area contributed by atoms with E-state index in [1.165, 1.54) is 16.4 Å². The van der Waals surface area contributed by atoms with Crippen molar-refractivity contribution in [1.82, 2.24) is 14.3 Å². The smallest absolute Gasteiger partial charge is 0.243 e. The average Bonchev–Trinajstić information content (AvgIpc) is 3.19. The zero-order valence-corrected chi connectivity index (χ0v) is 16.2. The lowest BCUT2D eigenvalue weighted by Gasteiger charge is -2.26. The number of ether oxygens (including phenoxy) is 1. The highest BCUT2D eigenvalue weighted by atomic mass is 32.2. The van der Waals surface area contributed by atoms with E-state index in [1.807, 2.05) is 30.3 Å². The first kappa shape index (κ1) is 19.1. The number of hydrogen-bond donors (Lipinski definition) is 2. The van der Waals surface area contributed by atoms with Crippen molar-refractivity contribution in [3.8, 4) is 6.07 Å². The van der Waals surface area contributed by atoms with Gasteiger partial charge in [0.1, 0.15) is 6.07 Å². The topological polar surface area (TPSA) is 123 Å². The van der Waals surface area contributed by atoms with Crippen LogP contribution in [0.4, 0.5) is 5.69 Å². The van der Waals surface area contributed by atoms with E-state index in [-0.39, 0.29) is 10.6 Å². The number of hydrazone groups is 1. The van der Waals surface area contributed by atoms with Gasteiger partial charge in [0.2, 0.25) is 15.7 Å². The van der Waals surface area contributed by atoms with Crippen molar-refractivity contribution in [2.24, 2.45) is 5.10 Å². The molecule has 1 aliphatic rings. The van der Waals surface area contributed by atoms with Crippen molar-refractivity contribution in [2.45, 2.75) is 4.90 Å². The number of nitrogens with zero attached hydrogens (tertiary/aromatic N) is 4. The fourth-order valence-electron chi connectivity index (χ4n) is 2.95. The van der Waals surface area contributed by atoms with Crippen LogP contribution >= 0.6 is 0 Å². The second kappa shape index (κ2) is 8.00. The van der Waals surface area contributed by atoms with E-state index in [0.717, 1.165) is 11.0 Å². The number of nitriles is 1. The van der Waals surface area contributed by atoms with Gasteiger partial charge in [-0.25, -0.2) is 13.4 Å². The van der Waals surface area contributed by atoms with E-state index in [1.54, 1.807) is 12.1 Å². The SMILES string of the molecule is N#CC(=NNc1ccc(S(=O)(=O)N2CCOCC2)cc1)c1nc2ccccc2[nH]1. The number of hydrogen-bond acceptors (Lipinski definition) is 7. The number of fused-ring (bicyclic) bond motifs is 1. The maximum atomic E-state index is 12.6. The maximum Gasteiger partial charge on any atom is 0.243 e. The maximum absolute atomic E-state index is 12.6. The molecule has 2 aromatic carbocycles. The summed E-state index contributed by atoms with van der Waals surface area (Å²) in [5.41, 5.74) is 4.96. The van der Waals surface area contributed by atoms with Crippen LogP contribution < -0.4 is 5.43 Å². The molecule has 148 valence electrons. The van der Waals surface area contributed by atoms with Crippen LogP contribution in [0.5, 0.6) is 0 Å². The molecule has 9 nitrogen and oxygen atoms in total. The molecule has 0 spiro atoms. The molecule has 0 unspecified atom stereocenters. The van der Waals surface area contributed by atoms with Gasteiger partial charge in [0, 0.05) is 13.1 Å². The van der Waals surface area contributed by atoms with Crippen LogP contribution in [0, 0.1) is 11.3 Å². The third kappa shape index (κ3) is 3.97. The molecule has 0 radical (unpaired) electrons. The number of imidazole rings is 1. The Kier molecular flexibility index (Phi) is 5.26. The molecule has 2 heterocycles. The van der Waals surface area contributed by atoms with Crippen molar-refractivity contribution >= 4 is 32.5 Å². The number of H-pyrrole nitrogens is 1. The Bertz CT molecular complexity index is 1160. The summed E-state index contributed by atoms with van der Waals surface area (Å²) >= 11 is 0. The number of sulfonamides is 1. The van der Waals surface area contributed by atoms with E-state index >= 15 is 0 Å². The first-order valence-corrected chi connectivity index (χ1v) is 10.4. The van der Waals surface area contributed by atoms with Crippen molar-refractivity contribution in [3.05, 3.63) is 54.4 Å². The molecule has 1 saturated heterocycles. The number of anilines is 1. The van der Waals surface area contributed by atoms with Gasteiger partial charge in [-0.15, -0.1) is 0 Å². The summed E-state index contributed by atoms with van der Waals surface area (Å²) in [5, 5.41) is 13.5. The van der Waals surface area contributed by atoms with Gasteiger partial charge in [0.05, 0.1) is 34.8 Å². The fraction of sp³-hybridized carbons (Fsp3) is 0.211. The first-order chi connectivity index (χ1) is 14.1. The molecule has 2 N–H and O–H groups in total. The Morgan fingerprint density at radius 2 is 1.90 bits per heavy atom. The summed E-state index contributed by atoms with van der Waals surface area (Å²) in [5.74, 6) is 0.354. The number of para-hydroxylation sites is 2. The molecule has 4 rings (SSSR count). The number of aromatic nitrogens is 2. The van der Waals surface area contributed by atoms with Crippen LogP contribution in [0.2, 0.25) is 0 Å². The minimum absolute atomic E-state index is 0.0891. The zero-order chi connectivity index (χ0) is 20.3. The predicted molar refractivity (Wildman–Crippen MR) is 108 cm³/mol. The number of aromatic amines is 1. The molecule has 0 bridgehead atoms. The summed E-state index contributed by atoms with van der Waals surface area (Å²) in [6, 6.07) is 15.7. The molecule has 1 aromatic heterocycles. The molecule has 1 aliphatic heterocycles. The Morgan fingerprint density at radius 3 is 2.59 bits per heavy atom. The van der Waals surface area contributed by atoms with Gasteiger partial charge < -0.3 is 9.72 Å². The van der Waals surface area contributed by atoms with Crippen LogP contribution in [0.15, 0.2) is 58.5 Å². The van der Waals surface area contributed by atoms with E-state index in [9.17, 15) is 13.7 Å². The lowest BCUT2D eigenvalue weighted by atomic mass is 10.3. The molecule has 29 heavy (non-hydrogen) atoms. The van der Waals surface area contributed by atoms with Crippen LogP contribution in [0.1, 0.15) is 5.82 Å². The molecule has 10 heteroatoms. The van der Waals surface area contributed by atoms with Crippen molar-refractivity contribution in [2.75, 3.05) is 31.7 Å². The molecule has 3 aromatic rings. The second-order valence-electron chi connectivity index (χ2n) is 6.33. The molecular formula is C19H18N6O3S. The van der Waals surface area contributed by atoms with Gasteiger partial charge >= 0.3 is 0 Å². The number of nitrogens with one attached hydrogen (secondary N) is 2. The minimum atomic E-state index is -3.55. The van der Waals surface area contributed by atoms with Gasteiger partial charge in [-0.3, -0.25) is 5.43 Å². The van der Waals surface area contributed by atoms with E-state index in [4.69, 9.17) is 4.74 Å². The highest BCUT2D eigenvalue weighted by molar-refractivity contribution is 7.89. The van der Waals surface area contributed by atoms with Crippen LogP contribution in [-0.2, 0) is 14.8 Å². The lowest BCUT2D eigenvalue weighted by molar-refractivity contribution is 0.0730. The molecule has 0 atom stereocenters. The quantitative estimate of drug-likeness (QED) is 0.489. The number of morpholine rings is 1. The fourth-order valence-corrected chi connectivity index (χ4v) is 4.36. The van der Waals surface area contributed by atoms with Gasteiger partial charge in [-0.05, 0) is 36.4 Å². The normalized spacial score (nSPS) is 15.9. The minimum Gasteiger partial charge on any atom is -0.379 e. The first-order valence-electron chi connectivity index (χ1n) is 8.95. The Morgan fingerprint density at radius 1 is 1.17 bits per heavy atom. The summed E-state index contributed by atoms with van der Waals surface area (Å²) in [6.07, 6.45) is 0.